The van der Waals surface area contributed by atoms with E-state index in [1.165, 1.54) is 5.56 Å². The molecule has 0 spiro atoms. The summed E-state index contributed by atoms with van der Waals surface area (Å²) in [6, 6.07) is 15.2. The molecule has 2 amide bonds. The van der Waals surface area contributed by atoms with E-state index in [-0.39, 0.29) is 6.03 Å². The van der Waals surface area contributed by atoms with Crippen LogP contribution in [0.3, 0.4) is 0 Å². The number of halogens is 2. The Morgan fingerprint density at radius 3 is 2.67 bits per heavy atom. The van der Waals surface area contributed by atoms with Gasteiger partial charge in [-0.1, -0.05) is 57.9 Å². The normalized spacial score (nSPS) is 10.2. The number of amides is 2. The van der Waals surface area contributed by atoms with Crippen LogP contribution < -0.4 is 10.6 Å². The molecule has 2 aromatic rings. The summed E-state index contributed by atoms with van der Waals surface area (Å²) in [5, 5.41) is 6.32. The van der Waals surface area contributed by atoms with Crippen LogP contribution in [0.2, 0.25) is 5.02 Å². The second-order valence-electron chi connectivity index (χ2n) is 4.58. The van der Waals surface area contributed by atoms with Crippen LogP contribution in [0, 0.1) is 0 Å². The van der Waals surface area contributed by atoms with Gasteiger partial charge < -0.3 is 10.6 Å². The summed E-state index contributed by atoms with van der Waals surface area (Å²) in [6.45, 7) is 1.05. The number of carbonyl (C=O) groups is 1. The van der Waals surface area contributed by atoms with Crippen LogP contribution in [0.4, 0.5) is 4.79 Å². The van der Waals surface area contributed by atoms with E-state index in [0.717, 1.165) is 16.5 Å². The van der Waals surface area contributed by atoms with Crippen molar-refractivity contribution < 1.29 is 4.79 Å². The molecule has 0 aliphatic heterocycles. The predicted octanol–water partition coefficient (Wildman–Crippen LogP) is 4.14. The maximum atomic E-state index is 11.7. The molecule has 0 saturated carbocycles. The fourth-order valence-corrected chi connectivity index (χ4v) is 2.60. The molecular weight excluding hydrogens is 352 g/mol. The van der Waals surface area contributed by atoms with E-state index in [1.807, 2.05) is 48.5 Å². The van der Waals surface area contributed by atoms with E-state index in [9.17, 15) is 4.79 Å². The Labute approximate surface area is 137 Å². The summed E-state index contributed by atoms with van der Waals surface area (Å²) in [5.74, 6) is 0. The van der Waals surface area contributed by atoms with Gasteiger partial charge in [-0.2, -0.15) is 0 Å². The lowest BCUT2D eigenvalue weighted by Gasteiger charge is -2.09. The Morgan fingerprint density at radius 1 is 1.10 bits per heavy atom. The van der Waals surface area contributed by atoms with Crippen LogP contribution in [0.25, 0.3) is 0 Å². The molecule has 2 N–H and O–H groups in total. The third-order valence-electron chi connectivity index (χ3n) is 2.98. The third kappa shape index (κ3) is 5.40. The van der Waals surface area contributed by atoms with Crippen LogP contribution in [-0.4, -0.2) is 12.6 Å². The van der Waals surface area contributed by atoms with Crippen molar-refractivity contribution in [2.24, 2.45) is 0 Å². The van der Waals surface area contributed by atoms with Gasteiger partial charge in [0.2, 0.25) is 0 Å². The van der Waals surface area contributed by atoms with Gasteiger partial charge >= 0.3 is 6.03 Å². The van der Waals surface area contributed by atoms with Crippen molar-refractivity contribution in [1.29, 1.82) is 0 Å². The molecule has 0 bridgehead atoms. The molecule has 0 unspecified atom stereocenters. The highest BCUT2D eigenvalue weighted by atomic mass is 79.9. The maximum Gasteiger partial charge on any atom is 0.315 e. The molecule has 2 rings (SSSR count). The molecule has 0 aliphatic carbocycles. The molecule has 0 saturated heterocycles. The summed E-state index contributed by atoms with van der Waals surface area (Å²) in [4.78, 5) is 11.7. The summed E-state index contributed by atoms with van der Waals surface area (Å²) in [5.41, 5.74) is 2.15. The standard InChI is InChI=1S/C16H16BrClN2O/c17-15-7-2-1-5-13(15)8-9-19-16(21)20-11-12-4-3-6-14(18)10-12/h1-7,10H,8-9,11H2,(H2,19,20,21). The first-order chi connectivity index (χ1) is 10.1. The molecule has 3 nitrogen and oxygen atoms in total. The van der Waals surface area contributed by atoms with Gasteiger partial charge in [0.25, 0.3) is 0 Å². The van der Waals surface area contributed by atoms with Crippen LogP contribution in [0.15, 0.2) is 53.0 Å². The van der Waals surface area contributed by atoms with Crippen molar-refractivity contribution in [2.75, 3.05) is 6.54 Å². The van der Waals surface area contributed by atoms with Crippen molar-refractivity contribution in [2.45, 2.75) is 13.0 Å². The number of hydrogen-bond donors (Lipinski definition) is 2. The number of benzene rings is 2. The Hall–Kier alpha value is -1.52. The number of nitrogens with one attached hydrogen (secondary N) is 2. The molecule has 0 aliphatic rings. The highest BCUT2D eigenvalue weighted by Gasteiger charge is 2.02. The minimum atomic E-state index is -0.179. The van der Waals surface area contributed by atoms with Gasteiger partial charge in [0.05, 0.1) is 0 Å². The minimum Gasteiger partial charge on any atom is -0.338 e. The molecule has 2 aromatic carbocycles. The Morgan fingerprint density at radius 2 is 1.90 bits per heavy atom. The Bertz CT molecular complexity index is 619. The van der Waals surface area contributed by atoms with E-state index in [4.69, 9.17) is 11.6 Å². The lowest BCUT2D eigenvalue weighted by atomic mass is 10.1. The third-order valence-corrected chi connectivity index (χ3v) is 3.99. The molecule has 0 aromatic heterocycles. The number of hydrogen-bond acceptors (Lipinski definition) is 1. The van der Waals surface area contributed by atoms with Gasteiger partial charge in [0, 0.05) is 22.6 Å². The second-order valence-corrected chi connectivity index (χ2v) is 5.87. The van der Waals surface area contributed by atoms with E-state index < -0.39 is 0 Å². The molecule has 110 valence electrons. The van der Waals surface area contributed by atoms with Gasteiger partial charge in [-0.25, -0.2) is 4.79 Å². The monoisotopic (exact) mass is 366 g/mol. The van der Waals surface area contributed by atoms with Crippen molar-refractivity contribution in [3.63, 3.8) is 0 Å². The molecule has 5 heteroatoms. The fourth-order valence-electron chi connectivity index (χ4n) is 1.90. The molecule has 21 heavy (non-hydrogen) atoms. The second kappa shape index (κ2) is 8.05. The van der Waals surface area contributed by atoms with Gasteiger partial charge in [-0.15, -0.1) is 0 Å². The first-order valence-electron chi connectivity index (χ1n) is 6.65. The van der Waals surface area contributed by atoms with Crippen molar-refractivity contribution in [1.82, 2.24) is 10.6 Å². The molecule has 0 fully saturated rings. The maximum absolute atomic E-state index is 11.7. The quantitative estimate of drug-likeness (QED) is 0.819. The van der Waals surface area contributed by atoms with E-state index in [1.54, 1.807) is 0 Å². The van der Waals surface area contributed by atoms with Gasteiger partial charge in [-0.05, 0) is 35.7 Å². The number of urea groups is 1. The topological polar surface area (TPSA) is 41.1 Å². The van der Waals surface area contributed by atoms with Crippen LogP contribution in [0.1, 0.15) is 11.1 Å². The highest BCUT2D eigenvalue weighted by molar-refractivity contribution is 9.10. The molecule has 0 radical (unpaired) electrons. The number of carbonyl (C=O) groups excluding carboxylic acids is 1. The summed E-state index contributed by atoms with van der Waals surface area (Å²) < 4.78 is 1.06. The lowest BCUT2D eigenvalue weighted by Crippen LogP contribution is -2.36. The SMILES string of the molecule is O=C(NCCc1ccccc1Br)NCc1cccc(Cl)c1. The summed E-state index contributed by atoms with van der Waals surface area (Å²) >= 11 is 9.38. The van der Waals surface area contributed by atoms with Crippen molar-refractivity contribution in [3.8, 4) is 0 Å². The fraction of sp³-hybridized carbons (Fsp3) is 0.188. The summed E-state index contributed by atoms with van der Waals surface area (Å²) in [7, 11) is 0. The van der Waals surface area contributed by atoms with Crippen LogP contribution >= 0.6 is 27.5 Å². The van der Waals surface area contributed by atoms with Crippen LogP contribution in [0.5, 0.6) is 0 Å². The number of rotatable bonds is 5. The first-order valence-corrected chi connectivity index (χ1v) is 7.82. The zero-order valence-corrected chi connectivity index (χ0v) is 13.7. The van der Waals surface area contributed by atoms with Crippen LogP contribution in [-0.2, 0) is 13.0 Å². The average molecular weight is 368 g/mol. The largest absolute Gasteiger partial charge is 0.338 e. The lowest BCUT2D eigenvalue weighted by molar-refractivity contribution is 0.240. The summed E-state index contributed by atoms with van der Waals surface area (Å²) in [6.07, 6.45) is 0.784. The van der Waals surface area contributed by atoms with E-state index >= 15 is 0 Å². The average Bonchev–Trinajstić information content (AvgIpc) is 2.47. The Kier molecular flexibility index (Phi) is 6.08. The zero-order chi connectivity index (χ0) is 15.1. The molecule has 0 atom stereocenters. The van der Waals surface area contributed by atoms with Gasteiger partial charge in [0.1, 0.15) is 0 Å². The molecule has 0 heterocycles. The van der Waals surface area contributed by atoms with E-state index in [2.05, 4.69) is 26.6 Å². The zero-order valence-electron chi connectivity index (χ0n) is 11.4. The van der Waals surface area contributed by atoms with Crippen molar-refractivity contribution >= 4 is 33.6 Å². The minimum absolute atomic E-state index is 0.179. The highest BCUT2D eigenvalue weighted by Crippen LogP contribution is 2.15. The van der Waals surface area contributed by atoms with Gasteiger partial charge in [0.15, 0.2) is 0 Å². The smallest absolute Gasteiger partial charge is 0.315 e. The first kappa shape index (κ1) is 15.9. The van der Waals surface area contributed by atoms with E-state index in [0.29, 0.717) is 18.1 Å². The van der Waals surface area contributed by atoms with Crippen molar-refractivity contribution in [3.05, 3.63) is 69.2 Å². The Balaban J connectivity index is 1.72. The predicted molar refractivity (Wildman–Crippen MR) is 89.5 cm³/mol. The molecular formula is C16H16BrClN2O. The van der Waals surface area contributed by atoms with Gasteiger partial charge in [-0.3, -0.25) is 0 Å².